The summed E-state index contributed by atoms with van der Waals surface area (Å²) < 4.78 is 1.76. The van der Waals surface area contributed by atoms with Crippen molar-refractivity contribution in [2.45, 2.75) is 52.0 Å². The molecular formula is C27H35N7O2. The second-order valence-electron chi connectivity index (χ2n) is 10.00. The van der Waals surface area contributed by atoms with Gasteiger partial charge in [-0.05, 0) is 44.4 Å². The van der Waals surface area contributed by atoms with E-state index < -0.39 is 0 Å². The van der Waals surface area contributed by atoms with Crippen LogP contribution in [0.5, 0.6) is 0 Å². The largest absolute Gasteiger partial charge is 0.368 e. The number of hydrogen-bond donors (Lipinski definition) is 1. The first-order chi connectivity index (χ1) is 17.5. The molecule has 190 valence electrons. The molecule has 0 aromatic carbocycles. The van der Waals surface area contributed by atoms with Gasteiger partial charge in [-0.25, -0.2) is 9.97 Å². The number of nitrogens with two attached hydrogens (primary N) is 1. The van der Waals surface area contributed by atoms with Crippen LogP contribution in [0.2, 0.25) is 0 Å². The first-order valence-electron chi connectivity index (χ1n) is 13.0. The van der Waals surface area contributed by atoms with Crippen LogP contribution < -0.4 is 16.2 Å². The number of Topliss-reactive ketones (excluding diaryl/α,β-unsaturated/α-hetero) is 1. The normalized spacial score (nSPS) is 17.2. The Labute approximate surface area is 211 Å². The molecular weight excluding hydrogens is 454 g/mol. The van der Waals surface area contributed by atoms with Crippen molar-refractivity contribution in [1.82, 2.24) is 24.4 Å². The summed E-state index contributed by atoms with van der Waals surface area (Å²) in [6.45, 7) is 8.87. The molecule has 2 fully saturated rings. The van der Waals surface area contributed by atoms with Gasteiger partial charge in [-0.15, -0.1) is 0 Å². The Kier molecular flexibility index (Phi) is 7.11. The van der Waals surface area contributed by atoms with Gasteiger partial charge in [0.15, 0.2) is 5.78 Å². The van der Waals surface area contributed by atoms with Crippen LogP contribution in [-0.2, 0) is 6.42 Å². The summed E-state index contributed by atoms with van der Waals surface area (Å²) in [7, 11) is 0. The van der Waals surface area contributed by atoms with E-state index in [4.69, 9.17) is 10.7 Å². The number of fused-ring (bicyclic) bond motifs is 1. The Morgan fingerprint density at radius 1 is 1.08 bits per heavy atom. The summed E-state index contributed by atoms with van der Waals surface area (Å²) in [6, 6.07) is 4.22. The fraction of sp³-hybridized carbons (Fsp3) is 0.519. The summed E-state index contributed by atoms with van der Waals surface area (Å²) in [4.78, 5) is 44.6. The molecule has 1 saturated carbocycles. The lowest BCUT2D eigenvalue weighted by molar-refractivity contribution is 0.101. The van der Waals surface area contributed by atoms with Crippen LogP contribution >= 0.6 is 0 Å². The number of aromatic nitrogens is 4. The number of aryl methyl sites for hydroxylation is 1. The highest BCUT2D eigenvalue weighted by Crippen LogP contribution is 2.31. The van der Waals surface area contributed by atoms with Crippen LogP contribution in [0.3, 0.4) is 0 Å². The standard InChI is InChI=1S/C27H35N7O2/c1-18-23-17-30-24(31-26(23)34(21-5-3-4-6-21)27(36)25(18)19(2)35)15-20-7-8-22(16-29-20)33-13-11-32(10-9-28)12-14-33/h7-8,16-17,21H,3-6,9-15,28H2,1-2H3. The van der Waals surface area contributed by atoms with Gasteiger partial charge in [-0.2, -0.15) is 0 Å². The second-order valence-corrected chi connectivity index (χ2v) is 10.00. The van der Waals surface area contributed by atoms with E-state index in [0.29, 0.717) is 30.0 Å². The van der Waals surface area contributed by atoms with Crippen LogP contribution in [-0.4, -0.2) is 69.5 Å². The Hall–Kier alpha value is -3.17. The summed E-state index contributed by atoms with van der Waals surface area (Å²) in [6.07, 6.45) is 8.19. The van der Waals surface area contributed by atoms with E-state index in [-0.39, 0.29) is 22.9 Å². The Morgan fingerprint density at radius 2 is 1.83 bits per heavy atom. The van der Waals surface area contributed by atoms with Crippen molar-refractivity contribution >= 4 is 22.5 Å². The molecule has 2 aliphatic rings. The number of anilines is 1. The van der Waals surface area contributed by atoms with Crippen molar-refractivity contribution in [3.63, 3.8) is 0 Å². The maximum absolute atomic E-state index is 13.4. The van der Waals surface area contributed by atoms with Gasteiger partial charge in [0.25, 0.3) is 5.56 Å². The molecule has 3 aromatic rings. The monoisotopic (exact) mass is 489 g/mol. The first kappa shape index (κ1) is 24.5. The zero-order valence-corrected chi connectivity index (χ0v) is 21.2. The maximum atomic E-state index is 13.4. The maximum Gasteiger partial charge on any atom is 0.263 e. The number of pyridine rings is 2. The SMILES string of the molecule is CC(=O)c1c(C)c2cnc(Cc3ccc(N4CCN(CCN)CC4)cn3)nc2n(C2CCCC2)c1=O. The third-order valence-corrected chi connectivity index (χ3v) is 7.63. The minimum Gasteiger partial charge on any atom is -0.368 e. The van der Waals surface area contributed by atoms with Crippen molar-refractivity contribution in [3.05, 3.63) is 57.5 Å². The third-order valence-electron chi connectivity index (χ3n) is 7.63. The predicted molar refractivity (Wildman–Crippen MR) is 141 cm³/mol. The summed E-state index contributed by atoms with van der Waals surface area (Å²) in [5, 5.41) is 0.771. The third kappa shape index (κ3) is 4.77. The van der Waals surface area contributed by atoms with Crippen LogP contribution in [0, 0.1) is 6.92 Å². The number of rotatable bonds is 7. The van der Waals surface area contributed by atoms with Gasteiger partial charge in [0.2, 0.25) is 0 Å². The molecule has 1 saturated heterocycles. The minimum absolute atomic E-state index is 0.0733. The molecule has 9 heteroatoms. The van der Waals surface area contributed by atoms with E-state index in [1.54, 1.807) is 10.8 Å². The van der Waals surface area contributed by atoms with Crippen molar-refractivity contribution in [2.75, 3.05) is 44.2 Å². The zero-order chi connectivity index (χ0) is 25.2. The highest BCUT2D eigenvalue weighted by atomic mass is 16.1. The molecule has 5 rings (SSSR count). The molecule has 0 bridgehead atoms. The Balaban J connectivity index is 1.41. The van der Waals surface area contributed by atoms with Gasteiger partial charge in [-0.3, -0.25) is 24.0 Å². The number of ketones is 1. The molecule has 2 N–H and O–H groups in total. The Bertz CT molecular complexity index is 1300. The quantitative estimate of drug-likeness (QED) is 0.504. The molecule has 0 spiro atoms. The number of nitrogens with zero attached hydrogens (tertiary/aromatic N) is 6. The average molecular weight is 490 g/mol. The fourth-order valence-electron chi connectivity index (χ4n) is 5.65. The van der Waals surface area contributed by atoms with Crippen LogP contribution in [0.1, 0.15) is 66.1 Å². The lowest BCUT2D eigenvalue weighted by atomic mass is 10.0. The van der Waals surface area contributed by atoms with Gasteiger partial charge in [0.1, 0.15) is 11.5 Å². The van der Waals surface area contributed by atoms with E-state index in [2.05, 4.69) is 25.8 Å². The molecule has 0 unspecified atom stereocenters. The Morgan fingerprint density at radius 3 is 2.47 bits per heavy atom. The second kappa shape index (κ2) is 10.4. The van der Waals surface area contributed by atoms with Crippen LogP contribution in [0.4, 0.5) is 5.69 Å². The number of carbonyl (C=O) groups excluding carboxylic acids is 1. The van der Waals surface area contributed by atoms with Crippen molar-refractivity contribution in [2.24, 2.45) is 5.73 Å². The molecule has 3 aromatic heterocycles. The van der Waals surface area contributed by atoms with Crippen molar-refractivity contribution < 1.29 is 4.79 Å². The van der Waals surface area contributed by atoms with Crippen molar-refractivity contribution in [1.29, 1.82) is 0 Å². The highest BCUT2D eigenvalue weighted by Gasteiger charge is 2.26. The smallest absolute Gasteiger partial charge is 0.263 e. The lowest BCUT2D eigenvalue weighted by Gasteiger charge is -2.35. The van der Waals surface area contributed by atoms with Crippen LogP contribution in [0.15, 0.2) is 29.3 Å². The predicted octanol–water partition coefficient (Wildman–Crippen LogP) is 2.48. The van der Waals surface area contributed by atoms with E-state index in [1.807, 2.05) is 19.2 Å². The summed E-state index contributed by atoms with van der Waals surface area (Å²) >= 11 is 0. The first-order valence-corrected chi connectivity index (χ1v) is 13.0. The molecule has 0 atom stereocenters. The van der Waals surface area contributed by atoms with Gasteiger partial charge in [-0.1, -0.05) is 12.8 Å². The fourth-order valence-corrected chi connectivity index (χ4v) is 5.65. The van der Waals surface area contributed by atoms with Gasteiger partial charge < -0.3 is 10.6 Å². The highest BCUT2D eigenvalue weighted by molar-refractivity contribution is 5.99. The van der Waals surface area contributed by atoms with E-state index in [0.717, 1.165) is 75.2 Å². The molecule has 9 nitrogen and oxygen atoms in total. The van der Waals surface area contributed by atoms with E-state index in [9.17, 15) is 9.59 Å². The molecule has 36 heavy (non-hydrogen) atoms. The number of carbonyl (C=O) groups is 1. The minimum atomic E-state index is -0.224. The number of hydrogen-bond acceptors (Lipinski definition) is 8. The van der Waals surface area contributed by atoms with E-state index >= 15 is 0 Å². The molecule has 4 heterocycles. The molecule has 0 amide bonds. The number of piperazine rings is 1. The topological polar surface area (TPSA) is 110 Å². The average Bonchev–Trinajstić information content (AvgIpc) is 3.39. The molecule has 1 aliphatic heterocycles. The lowest BCUT2D eigenvalue weighted by Crippen LogP contribution is -2.47. The van der Waals surface area contributed by atoms with Gasteiger partial charge >= 0.3 is 0 Å². The van der Waals surface area contributed by atoms with Gasteiger partial charge in [0.05, 0.1) is 23.9 Å². The van der Waals surface area contributed by atoms with Crippen LogP contribution in [0.25, 0.3) is 11.0 Å². The zero-order valence-electron chi connectivity index (χ0n) is 21.2. The van der Waals surface area contributed by atoms with Crippen molar-refractivity contribution in [3.8, 4) is 0 Å². The van der Waals surface area contributed by atoms with E-state index in [1.165, 1.54) is 6.92 Å². The molecule has 0 radical (unpaired) electrons. The van der Waals surface area contributed by atoms with Gasteiger partial charge in [0, 0.05) is 62.6 Å². The summed E-state index contributed by atoms with van der Waals surface area (Å²) in [5.41, 5.74) is 9.01. The molecule has 1 aliphatic carbocycles. The summed E-state index contributed by atoms with van der Waals surface area (Å²) in [5.74, 6) is 0.416.